The minimum Gasteiger partial charge on any atom is -0.481 e. The van der Waals surface area contributed by atoms with Crippen molar-refractivity contribution in [3.8, 4) is 0 Å². The molecule has 114 valence electrons. The third-order valence-corrected chi connectivity index (χ3v) is 3.81. The van der Waals surface area contributed by atoms with Gasteiger partial charge in [0.15, 0.2) is 0 Å². The number of hydrogen-bond donors (Lipinski definition) is 2. The number of anilines is 1. The van der Waals surface area contributed by atoms with Gasteiger partial charge in [0.25, 0.3) is 0 Å². The summed E-state index contributed by atoms with van der Waals surface area (Å²) in [4.78, 5) is 24.3. The number of aryl methyl sites for hydroxylation is 1. The third-order valence-electron chi connectivity index (χ3n) is 3.81. The maximum absolute atomic E-state index is 11.5. The van der Waals surface area contributed by atoms with Crippen LogP contribution in [0.5, 0.6) is 0 Å². The molecule has 0 aliphatic carbocycles. The lowest BCUT2D eigenvalue weighted by molar-refractivity contribution is -0.138. The first-order chi connectivity index (χ1) is 10.0. The van der Waals surface area contributed by atoms with Crippen molar-refractivity contribution in [3.05, 3.63) is 29.8 Å². The van der Waals surface area contributed by atoms with Gasteiger partial charge >= 0.3 is 5.97 Å². The Labute approximate surface area is 125 Å². The van der Waals surface area contributed by atoms with Crippen LogP contribution in [-0.4, -0.2) is 36.6 Å². The van der Waals surface area contributed by atoms with Gasteiger partial charge in [0.05, 0.1) is 6.42 Å². The number of benzene rings is 1. The van der Waals surface area contributed by atoms with Crippen LogP contribution in [0.15, 0.2) is 24.3 Å². The molecule has 0 aromatic heterocycles. The normalized spacial score (nSPS) is 17.8. The standard InChI is InChI=1S/C16H22N2O3/c1-12-3-2-4-14(9-12)18-8-7-13(11-18)10-17-15(19)5-6-16(20)21/h2-4,9,13H,5-8,10-11H2,1H3,(H,17,19)(H,20,21). The Morgan fingerprint density at radius 1 is 1.38 bits per heavy atom. The maximum atomic E-state index is 11.5. The molecule has 1 heterocycles. The van der Waals surface area contributed by atoms with Crippen molar-refractivity contribution < 1.29 is 14.7 Å². The average Bonchev–Trinajstić information content (AvgIpc) is 2.92. The predicted octanol–water partition coefficient (Wildman–Crippen LogP) is 1.80. The van der Waals surface area contributed by atoms with Gasteiger partial charge in [-0.25, -0.2) is 0 Å². The number of carboxylic acid groups (broad SMARTS) is 1. The largest absolute Gasteiger partial charge is 0.481 e. The third kappa shape index (κ3) is 4.77. The van der Waals surface area contributed by atoms with Crippen LogP contribution in [0, 0.1) is 12.8 Å². The first-order valence-corrected chi connectivity index (χ1v) is 7.34. The zero-order valence-corrected chi connectivity index (χ0v) is 12.3. The number of amides is 1. The van der Waals surface area contributed by atoms with Crippen molar-refractivity contribution >= 4 is 17.6 Å². The summed E-state index contributed by atoms with van der Waals surface area (Å²) < 4.78 is 0. The van der Waals surface area contributed by atoms with Crippen molar-refractivity contribution in [2.45, 2.75) is 26.2 Å². The molecule has 1 unspecified atom stereocenters. The highest BCUT2D eigenvalue weighted by Crippen LogP contribution is 2.24. The van der Waals surface area contributed by atoms with E-state index in [0.29, 0.717) is 12.5 Å². The van der Waals surface area contributed by atoms with E-state index in [0.717, 1.165) is 19.5 Å². The lowest BCUT2D eigenvalue weighted by Gasteiger charge is -2.19. The quantitative estimate of drug-likeness (QED) is 0.838. The van der Waals surface area contributed by atoms with E-state index in [4.69, 9.17) is 5.11 Å². The van der Waals surface area contributed by atoms with Crippen molar-refractivity contribution in [1.82, 2.24) is 5.32 Å². The summed E-state index contributed by atoms with van der Waals surface area (Å²) in [5.41, 5.74) is 2.48. The number of carbonyl (C=O) groups excluding carboxylic acids is 1. The predicted molar refractivity (Wildman–Crippen MR) is 81.4 cm³/mol. The van der Waals surface area contributed by atoms with Gasteiger partial charge in [-0.2, -0.15) is 0 Å². The summed E-state index contributed by atoms with van der Waals surface area (Å²) in [6.07, 6.45) is 1.00. The summed E-state index contributed by atoms with van der Waals surface area (Å²) in [5, 5.41) is 11.4. The molecular formula is C16H22N2O3. The van der Waals surface area contributed by atoms with Gasteiger partial charge in [-0.1, -0.05) is 12.1 Å². The maximum Gasteiger partial charge on any atom is 0.303 e. The van der Waals surface area contributed by atoms with Crippen LogP contribution in [0.2, 0.25) is 0 Å². The van der Waals surface area contributed by atoms with Gasteiger partial charge in [-0.05, 0) is 37.0 Å². The molecule has 1 amide bonds. The minimum atomic E-state index is -0.934. The summed E-state index contributed by atoms with van der Waals surface area (Å²) >= 11 is 0. The van der Waals surface area contributed by atoms with E-state index >= 15 is 0 Å². The Bertz CT molecular complexity index is 516. The van der Waals surface area contributed by atoms with Crippen LogP contribution in [0.25, 0.3) is 0 Å². The number of rotatable bonds is 6. The second-order valence-corrected chi connectivity index (χ2v) is 5.64. The van der Waals surface area contributed by atoms with Gasteiger partial charge in [-0.15, -0.1) is 0 Å². The Kier molecular flexibility index (Phi) is 5.20. The lowest BCUT2D eigenvalue weighted by atomic mass is 10.1. The summed E-state index contributed by atoms with van der Waals surface area (Å²) in [6.45, 7) is 4.64. The van der Waals surface area contributed by atoms with E-state index in [-0.39, 0.29) is 18.7 Å². The zero-order chi connectivity index (χ0) is 15.2. The fourth-order valence-electron chi connectivity index (χ4n) is 2.63. The summed E-state index contributed by atoms with van der Waals surface area (Å²) in [5.74, 6) is -0.678. The van der Waals surface area contributed by atoms with Crippen molar-refractivity contribution in [2.24, 2.45) is 5.92 Å². The molecule has 0 spiro atoms. The van der Waals surface area contributed by atoms with Gasteiger partial charge in [-0.3, -0.25) is 9.59 Å². The number of nitrogens with zero attached hydrogens (tertiary/aromatic N) is 1. The number of carboxylic acids is 1. The van der Waals surface area contributed by atoms with Crippen LogP contribution in [-0.2, 0) is 9.59 Å². The van der Waals surface area contributed by atoms with Crippen molar-refractivity contribution in [2.75, 3.05) is 24.5 Å². The van der Waals surface area contributed by atoms with Crippen LogP contribution >= 0.6 is 0 Å². The van der Waals surface area contributed by atoms with Crippen LogP contribution in [0.1, 0.15) is 24.8 Å². The SMILES string of the molecule is Cc1cccc(N2CCC(CNC(=O)CCC(=O)O)C2)c1. The second kappa shape index (κ2) is 7.11. The van der Waals surface area contributed by atoms with E-state index in [1.165, 1.54) is 11.3 Å². The van der Waals surface area contributed by atoms with E-state index < -0.39 is 5.97 Å². The van der Waals surface area contributed by atoms with E-state index in [1.54, 1.807) is 0 Å². The average molecular weight is 290 g/mol. The summed E-state index contributed by atoms with van der Waals surface area (Å²) in [6, 6.07) is 8.43. The highest BCUT2D eigenvalue weighted by molar-refractivity contribution is 5.80. The second-order valence-electron chi connectivity index (χ2n) is 5.64. The molecule has 0 saturated carbocycles. The van der Waals surface area contributed by atoms with Gasteiger partial charge in [0.2, 0.25) is 5.91 Å². The molecule has 1 aromatic rings. The number of nitrogens with one attached hydrogen (secondary N) is 1. The highest BCUT2D eigenvalue weighted by atomic mass is 16.4. The Hall–Kier alpha value is -2.04. The molecule has 1 aliphatic rings. The fourth-order valence-corrected chi connectivity index (χ4v) is 2.63. The number of hydrogen-bond acceptors (Lipinski definition) is 3. The highest BCUT2D eigenvalue weighted by Gasteiger charge is 2.23. The minimum absolute atomic E-state index is 0.0592. The van der Waals surface area contributed by atoms with E-state index in [2.05, 4.69) is 41.4 Å². The van der Waals surface area contributed by atoms with Crippen LogP contribution < -0.4 is 10.2 Å². The summed E-state index contributed by atoms with van der Waals surface area (Å²) in [7, 11) is 0. The molecule has 1 aliphatic heterocycles. The van der Waals surface area contributed by atoms with Crippen molar-refractivity contribution in [3.63, 3.8) is 0 Å². The molecule has 2 N–H and O–H groups in total. The molecule has 1 aromatic carbocycles. The van der Waals surface area contributed by atoms with Gasteiger partial charge < -0.3 is 15.3 Å². The molecule has 0 bridgehead atoms. The number of aliphatic carboxylic acids is 1. The molecule has 5 nitrogen and oxygen atoms in total. The number of carbonyl (C=O) groups is 2. The first kappa shape index (κ1) is 15.4. The first-order valence-electron chi connectivity index (χ1n) is 7.34. The van der Waals surface area contributed by atoms with E-state index in [1.807, 2.05) is 0 Å². The fraction of sp³-hybridized carbons (Fsp3) is 0.500. The lowest BCUT2D eigenvalue weighted by Crippen LogP contribution is -2.31. The molecule has 1 fully saturated rings. The zero-order valence-electron chi connectivity index (χ0n) is 12.3. The topological polar surface area (TPSA) is 69.6 Å². The van der Waals surface area contributed by atoms with Crippen molar-refractivity contribution in [1.29, 1.82) is 0 Å². The Morgan fingerprint density at radius 2 is 2.19 bits per heavy atom. The molecule has 0 radical (unpaired) electrons. The molecule has 1 saturated heterocycles. The van der Waals surface area contributed by atoms with Crippen LogP contribution in [0.3, 0.4) is 0 Å². The smallest absolute Gasteiger partial charge is 0.303 e. The Morgan fingerprint density at radius 3 is 2.90 bits per heavy atom. The van der Waals surface area contributed by atoms with E-state index in [9.17, 15) is 9.59 Å². The Balaban J connectivity index is 1.75. The molecule has 1 atom stereocenters. The molecule has 2 rings (SSSR count). The monoisotopic (exact) mass is 290 g/mol. The molecule has 21 heavy (non-hydrogen) atoms. The van der Waals surface area contributed by atoms with Gasteiger partial charge in [0, 0.05) is 31.7 Å². The van der Waals surface area contributed by atoms with Crippen LogP contribution in [0.4, 0.5) is 5.69 Å². The molecular weight excluding hydrogens is 268 g/mol. The molecule has 5 heteroatoms. The van der Waals surface area contributed by atoms with Gasteiger partial charge in [0.1, 0.15) is 0 Å².